The number of thiocarbonyl (C=S) groups is 1. The van der Waals surface area contributed by atoms with Crippen LogP contribution in [0.15, 0.2) is 71.6 Å². The van der Waals surface area contributed by atoms with Crippen LogP contribution in [-0.4, -0.2) is 21.3 Å². The Balaban J connectivity index is 1.50. The van der Waals surface area contributed by atoms with Crippen molar-refractivity contribution in [2.24, 2.45) is 0 Å². The zero-order valence-corrected chi connectivity index (χ0v) is 19.8. The Kier molecular flexibility index (Phi) is 6.83. The van der Waals surface area contributed by atoms with E-state index in [1.54, 1.807) is 12.1 Å². The predicted octanol–water partition coefficient (Wildman–Crippen LogP) is 6.33. The van der Waals surface area contributed by atoms with E-state index in [1.807, 2.05) is 55.5 Å². The molecule has 0 radical (unpaired) electrons. The lowest BCUT2D eigenvalue weighted by atomic mass is 10.1. The SMILES string of the molecule is Cc1ccc(C(=O)O)cc1N1C(=O)/C(=C/c2ccc(OCc3ccccc3Cl)cc2)SC1=S. The molecule has 8 heteroatoms. The lowest BCUT2D eigenvalue weighted by molar-refractivity contribution is -0.113. The summed E-state index contributed by atoms with van der Waals surface area (Å²) >= 11 is 12.8. The molecule has 1 saturated heterocycles. The van der Waals surface area contributed by atoms with Crippen molar-refractivity contribution in [1.29, 1.82) is 0 Å². The number of benzene rings is 3. The van der Waals surface area contributed by atoms with Crippen LogP contribution < -0.4 is 9.64 Å². The highest BCUT2D eigenvalue weighted by Gasteiger charge is 2.34. The fourth-order valence-corrected chi connectivity index (χ4v) is 4.72. The summed E-state index contributed by atoms with van der Waals surface area (Å²) in [5.41, 5.74) is 3.05. The van der Waals surface area contributed by atoms with Gasteiger partial charge in [0, 0.05) is 10.6 Å². The lowest BCUT2D eigenvalue weighted by Crippen LogP contribution is -2.28. The molecular weight excluding hydrogens is 478 g/mol. The molecule has 166 valence electrons. The molecule has 1 N–H and O–H groups in total. The number of amides is 1. The number of hydrogen-bond acceptors (Lipinski definition) is 5. The third-order valence-corrected chi connectivity index (χ3v) is 6.69. The molecule has 3 aromatic rings. The van der Waals surface area contributed by atoms with E-state index >= 15 is 0 Å². The van der Waals surface area contributed by atoms with Crippen LogP contribution in [0.5, 0.6) is 5.75 Å². The first-order valence-electron chi connectivity index (χ1n) is 9.91. The number of rotatable bonds is 6. The quantitative estimate of drug-likeness (QED) is 0.318. The largest absolute Gasteiger partial charge is 0.489 e. The van der Waals surface area contributed by atoms with Gasteiger partial charge < -0.3 is 9.84 Å². The molecular formula is C25H18ClNO4S2. The van der Waals surface area contributed by atoms with Crippen LogP contribution in [0.25, 0.3) is 6.08 Å². The van der Waals surface area contributed by atoms with Crippen LogP contribution in [0.2, 0.25) is 5.02 Å². The van der Waals surface area contributed by atoms with Gasteiger partial charge in [0.2, 0.25) is 0 Å². The topological polar surface area (TPSA) is 66.8 Å². The smallest absolute Gasteiger partial charge is 0.335 e. The van der Waals surface area contributed by atoms with Gasteiger partial charge in [-0.25, -0.2) is 4.79 Å². The van der Waals surface area contributed by atoms with Gasteiger partial charge in [-0.05, 0) is 54.5 Å². The van der Waals surface area contributed by atoms with E-state index in [1.165, 1.54) is 28.8 Å². The van der Waals surface area contributed by atoms with Gasteiger partial charge >= 0.3 is 5.97 Å². The second-order valence-corrected chi connectivity index (χ2v) is 9.36. The molecule has 0 saturated carbocycles. The minimum Gasteiger partial charge on any atom is -0.489 e. The number of aromatic carboxylic acids is 1. The Morgan fingerprint density at radius 3 is 2.58 bits per heavy atom. The summed E-state index contributed by atoms with van der Waals surface area (Å²) < 4.78 is 6.16. The average molecular weight is 496 g/mol. The summed E-state index contributed by atoms with van der Waals surface area (Å²) in [6.45, 7) is 2.16. The average Bonchev–Trinajstić information content (AvgIpc) is 3.07. The van der Waals surface area contributed by atoms with Gasteiger partial charge in [0.25, 0.3) is 5.91 Å². The van der Waals surface area contributed by atoms with Crippen molar-refractivity contribution < 1.29 is 19.4 Å². The first-order valence-corrected chi connectivity index (χ1v) is 11.5. The number of nitrogens with zero attached hydrogens (tertiary/aromatic N) is 1. The van der Waals surface area contributed by atoms with Crippen molar-refractivity contribution >= 4 is 63.5 Å². The maximum atomic E-state index is 13.1. The van der Waals surface area contributed by atoms with E-state index < -0.39 is 5.97 Å². The first kappa shape index (κ1) is 23.0. The molecule has 0 spiro atoms. The molecule has 0 aliphatic carbocycles. The third-order valence-electron chi connectivity index (χ3n) is 5.02. The number of halogens is 1. The number of carboxylic acid groups (broad SMARTS) is 1. The molecule has 3 aromatic carbocycles. The van der Waals surface area contributed by atoms with E-state index in [2.05, 4.69) is 0 Å². The van der Waals surface area contributed by atoms with Gasteiger partial charge in [0.15, 0.2) is 4.32 Å². The summed E-state index contributed by atoms with van der Waals surface area (Å²) in [5, 5.41) is 9.94. The molecule has 1 amide bonds. The number of aryl methyl sites for hydroxylation is 1. The van der Waals surface area contributed by atoms with E-state index in [4.69, 9.17) is 28.6 Å². The van der Waals surface area contributed by atoms with Crippen molar-refractivity contribution in [1.82, 2.24) is 0 Å². The number of thioether (sulfide) groups is 1. The highest BCUT2D eigenvalue weighted by atomic mass is 35.5. The fraction of sp³-hybridized carbons (Fsp3) is 0.0800. The van der Waals surface area contributed by atoms with Crippen LogP contribution in [-0.2, 0) is 11.4 Å². The third kappa shape index (κ3) is 5.11. The number of ether oxygens (including phenoxy) is 1. The van der Waals surface area contributed by atoms with Crippen LogP contribution in [0.1, 0.15) is 27.0 Å². The highest BCUT2D eigenvalue weighted by molar-refractivity contribution is 8.27. The highest BCUT2D eigenvalue weighted by Crippen LogP contribution is 2.37. The van der Waals surface area contributed by atoms with Crippen LogP contribution in [0.3, 0.4) is 0 Å². The number of carbonyl (C=O) groups is 2. The van der Waals surface area contributed by atoms with Gasteiger partial charge in [-0.2, -0.15) is 0 Å². The molecule has 1 aliphatic heterocycles. The lowest BCUT2D eigenvalue weighted by Gasteiger charge is -2.17. The van der Waals surface area contributed by atoms with Gasteiger partial charge in [0.1, 0.15) is 12.4 Å². The fourth-order valence-electron chi connectivity index (χ4n) is 3.25. The zero-order valence-electron chi connectivity index (χ0n) is 17.4. The minimum absolute atomic E-state index is 0.0982. The Hall–Kier alpha value is -3.13. The Morgan fingerprint density at radius 2 is 1.88 bits per heavy atom. The monoisotopic (exact) mass is 495 g/mol. The number of carboxylic acids is 1. The van der Waals surface area contributed by atoms with Crippen LogP contribution >= 0.6 is 35.6 Å². The van der Waals surface area contributed by atoms with Gasteiger partial charge in [-0.15, -0.1) is 0 Å². The van der Waals surface area contributed by atoms with E-state index in [-0.39, 0.29) is 11.5 Å². The van der Waals surface area contributed by atoms with Gasteiger partial charge in [-0.1, -0.05) is 72.0 Å². The van der Waals surface area contributed by atoms with E-state index in [0.717, 1.165) is 16.7 Å². The number of carbonyl (C=O) groups excluding carboxylic acids is 1. The summed E-state index contributed by atoms with van der Waals surface area (Å²) in [4.78, 5) is 26.3. The van der Waals surface area contributed by atoms with Crippen LogP contribution in [0, 0.1) is 6.92 Å². The molecule has 0 unspecified atom stereocenters. The predicted molar refractivity (Wildman–Crippen MR) is 136 cm³/mol. The van der Waals surface area contributed by atoms with E-state index in [0.29, 0.717) is 32.3 Å². The number of anilines is 1. The summed E-state index contributed by atoms with van der Waals surface area (Å²) in [6.07, 6.45) is 1.76. The van der Waals surface area contributed by atoms with Gasteiger partial charge in [0.05, 0.1) is 16.2 Å². The molecule has 4 rings (SSSR count). The Morgan fingerprint density at radius 1 is 1.15 bits per heavy atom. The van der Waals surface area contributed by atoms with Crippen molar-refractivity contribution in [3.8, 4) is 5.75 Å². The maximum absolute atomic E-state index is 13.1. The molecule has 33 heavy (non-hydrogen) atoms. The first-order chi connectivity index (χ1) is 15.8. The van der Waals surface area contributed by atoms with E-state index in [9.17, 15) is 14.7 Å². The number of hydrogen-bond donors (Lipinski definition) is 1. The van der Waals surface area contributed by atoms with Crippen molar-refractivity contribution in [2.75, 3.05) is 4.90 Å². The zero-order chi connectivity index (χ0) is 23.5. The molecule has 5 nitrogen and oxygen atoms in total. The summed E-state index contributed by atoms with van der Waals surface area (Å²) in [6, 6.07) is 19.5. The van der Waals surface area contributed by atoms with Crippen molar-refractivity contribution in [2.45, 2.75) is 13.5 Å². The van der Waals surface area contributed by atoms with Crippen molar-refractivity contribution in [3.63, 3.8) is 0 Å². The molecule has 0 atom stereocenters. The molecule has 1 fully saturated rings. The normalized spacial score (nSPS) is 14.7. The Labute approximate surface area is 205 Å². The minimum atomic E-state index is -1.06. The molecule has 0 bridgehead atoms. The summed E-state index contributed by atoms with van der Waals surface area (Å²) in [7, 11) is 0. The van der Waals surface area contributed by atoms with Crippen molar-refractivity contribution in [3.05, 3.63) is 98.9 Å². The maximum Gasteiger partial charge on any atom is 0.335 e. The standard InChI is InChI=1S/C25H18ClNO4S2/c1-15-6-9-17(24(29)30)13-21(15)27-23(28)22(33-25(27)32)12-16-7-10-19(11-8-16)31-14-18-4-2-3-5-20(18)26/h2-13H,14H2,1H3,(H,29,30)/b22-12-. The second kappa shape index (κ2) is 9.79. The second-order valence-electron chi connectivity index (χ2n) is 7.27. The molecule has 0 aromatic heterocycles. The summed E-state index contributed by atoms with van der Waals surface area (Å²) in [5.74, 6) is -0.663. The van der Waals surface area contributed by atoms with Crippen LogP contribution in [0.4, 0.5) is 5.69 Å². The molecule has 1 heterocycles. The molecule has 1 aliphatic rings. The Bertz CT molecular complexity index is 1290. The van der Waals surface area contributed by atoms with Gasteiger partial charge in [-0.3, -0.25) is 9.69 Å².